The lowest BCUT2D eigenvalue weighted by Gasteiger charge is -2.27. The summed E-state index contributed by atoms with van der Waals surface area (Å²) in [5, 5.41) is 0. The number of ether oxygens (including phenoxy) is 1. The molecule has 0 aromatic rings. The smallest absolute Gasteiger partial charge is 0.0615 e. The third-order valence-electron chi connectivity index (χ3n) is 2.54. The van der Waals surface area contributed by atoms with Crippen LogP contribution in [-0.2, 0) is 4.74 Å². The minimum atomic E-state index is 0.543. The molecular weight excluding hydrogens is 194 g/mol. The van der Waals surface area contributed by atoms with Gasteiger partial charge in [0, 0.05) is 13.2 Å². The van der Waals surface area contributed by atoms with Crippen LogP contribution in [0.4, 0.5) is 0 Å². The fourth-order valence-electron chi connectivity index (χ4n) is 1.64. The highest BCUT2D eigenvalue weighted by atomic mass is 32.1. The van der Waals surface area contributed by atoms with Gasteiger partial charge < -0.3 is 4.74 Å². The van der Waals surface area contributed by atoms with Crippen LogP contribution in [0.3, 0.4) is 0 Å². The van der Waals surface area contributed by atoms with E-state index >= 15 is 0 Å². The van der Waals surface area contributed by atoms with Gasteiger partial charge in [0.05, 0.1) is 6.61 Å². The first kappa shape index (κ1) is 14.3. The molecule has 86 valence electrons. The van der Waals surface area contributed by atoms with E-state index in [1.807, 2.05) is 0 Å². The van der Waals surface area contributed by atoms with E-state index in [9.17, 15) is 0 Å². The average molecular weight is 219 g/mol. The predicted molar refractivity (Wildman–Crippen MR) is 66.3 cm³/mol. The molecule has 0 heterocycles. The lowest BCUT2D eigenvalue weighted by molar-refractivity contribution is 0.101. The topological polar surface area (TPSA) is 12.5 Å². The molecule has 0 aromatic carbocycles. The minimum Gasteiger partial charge on any atom is -0.383 e. The highest BCUT2D eigenvalue weighted by Gasteiger charge is 2.10. The van der Waals surface area contributed by atoms with E-state index in [2.05, 4.69) is 31.4 Å². The number of nitrogens with zero attached hydrogens (tertiary/aromatic N) is 1. The Morgan fingerprint density at radius 2 is 2.00 bits per heavy atom. The first-order valence-electron chi connectivity index (χ1n) is 5.60. The highest BCUT2D eigenvalue weighted by Crippen LogP contribution is 2.04. The number of hydrogen-bond donors (Lipinski definition) is 1. The standard InChI is InChI=1S/C11H25NOS/c1-4-12(11(2)10-13-3)8-6-5-7-9-14/h11,14H,4-10H2,1-3H3. The maximum atomic E-state index is 5.16. The Labute approximate surface area is 94.4 Å². The zero-order valence-corrected chi connectivity index (χ0v) is 10.7. The zero-order chi connectivity index (χ0) is 10.8. The van der Waals surface area contributed by atoms with Gasteiger partial charge in [-0.1, -0.05) is 13.3 Å². The first-order valence-corrected chi connectivity index (χ1v) is 6.23. The number of hydrogen-bond acceptors (Lipinski definition) is 3. The Bertz CT molecular complexity index is 122. The lowest BCUT2D eigenvalue weighted by Crippen LogP contribution is -2.36. The molecule has 14 heavy (non-hydrogen) atoms. The molecule has 0 saturated carbocycles. The largest absolute Gasteiger partial charge is 0.383 e. The van der Waals surface area contributed by atoms with Gasteiger partial charge in [0.1, 0.15) is 0 Å². The van der Waals surface area contributed by atoms with Gasteiger partial charge in [-0.05, 0) is 38.6 Å². The Morgan fingerprint density at radius 3 is 2.50 bits per heavy atom. The van der Waals surface area contributed by atoms with Crippen molar-refractivity contribution < 1.29 is 4.74 Å². The molecule has 0 N–H and O–H groups in total. The Balaban J connectivity index is 3.56. The molecule has 0 saturated heterocycles. The SMILES string of the molecule is CCN(CCCCCS)C(C)COC. The summed E-state index contributed by atoms with van der Waals surface area (Å²) in [5.74, 6) is 1.01. The summed E-state index contributed by atoms with van der Waals surface area (Å²) in [7, 11) is 1.77. The summed E-state index contributed by atoms with van der Waals surface area (Å²) in [4.78, 5) is 2.47. The number of unbranched alkanes of at least 4 members (excludes halogenated alkanes) is 2. The maximum absolute atomic E-state index is 5.16. The maximum Gasteiger partial charge on any atom is 0.0615 e. The van der Waals surface area contributed by atoms with Crippen molar-refractivity contribution in [1.82, 2.24) is 4.90 Å². The molecule has 0 aliphatic heterocycles. The van der Waals surface area contributed by atoms with E-state index in [1.165, 1.54) is 25.8 Å². The van der Waals surface area contributed by atoms with Crippen LogP contribution in [0, 0.1) is 0 Å². The van der Waals surface area contributed by atoms with Crippen molar-refractivity contribution in [2.24, 2.45) is 0 Å². The number of thiol groups is 1. The van der Waals surface area contributed by atoms with Crippen LogP contribution < -0.4 is 0 Å². The summed E-state index contributed by atoms with van der Waals surface area (Å²) in [6.07, 6.45) is 3.81. The van der Waals surface area contributed by atoms with Crippen LogP contribution in [0.2, 0.25) is 0 Å². The minimum absolute atomic E-state index is 0.543. The Kier molecular flexibility index (Phi) is 10.0. The third kappa shape index (κ3) is 6.68. The van der Waals surface area contributed by atoms with Gasteiger partial charge in [-0.15, -0.1) is 0 Å². The second-order valence-electron chi connectivity index (χ2n) is 3.72. The summed E-state index contributed by atoms with van der Waals surface area (Å²) >= 11 is 4.21. The molecule has 0 aliphatic carbocycles. The van der Waals surface area contributed by atoms with Gasteiger partial charge in [-0.25, -0.2) is 0 Å². The van der Waals surface area contributed by atoms with E-state index in [4.69, 9.17) is 4.74 Å². The fourth-order valence-corrected chi connectivity index (χ4v) is 1.86. The van der Waals surface area contributed by atoms with E-state index in [0.717, 1.165) is 18.9 Å². The molecule has 0 rings (SSSR count). The van der Waals surface area contributed by atoms with Crippen LogP contribution in [0.5, 0.6) is 0 Å². The molecule has 0 radical (unpaired) electrons. The summed E-state index contributed by atoms with van der Waals surface area (Å²) in [5.41, 5.74) is 0. The van der Waals surface area contributed by atoms with Crippen molar-refractivity contribution in [2.45, 2.75) is 39.2 Å². The van der Waals surface area contributed by atoms with Crippen molar-refractivity contribution in [1.29, 1.82) is 0 Å². The summed E-state index contributed by atoms with van der Waals surface area (Å²) in [6.45, 7) is 7.58. The molecular formula is C11H25NOS. The van der Waals surface area contributed by atoms with E-state index in [1.54, 1.807) is 7.11 Å². The van der Waals surface area contributed by atoms with Gasteiger partial charge >= 0.3 is 0 Å². The van der Waals surface area contributed by atoms with E-state index in [0.29, 0.717) is 6.04 Å². The Morgan fingerprint density at radius 1 is 1.29 bits per heavy atom. The number of likely N-dealkylation sites (N-methyl/N-ethyl adjacent to an activating group) is 1. The van der Waals surface area contributed by atoms with Crippen molar-refractivity contribution in [3.8, 4) is 0 Å². The third-order valence-corrected chi connectivity index (χ3v) is 2.86. The van der Waals surface area contributed by atoms with Gasteiger partial charge in [0.25, 0.3) is 0 Å². The quantitative estimate of drug-likeness (QED) is 0.472. The molecule has 0 fully saturated rings. The lowest BCUT2D eigenvalue weighted by atomic mass is 10.2. The number of methoxy groups -OCH3 is 1. The molecule has 0 bridgehead atoms. The molecule has 3 heteroatoms. The van der Waals surface area contributed by atoms with Gasteiger partial charge in [-0.3, -0.25) is 4.90 Å². The molecule has 1 unspecified atom stereocenters. The molecule has 0 amide bonds. The van der Waals surface area contributed by atoms with Crippen LogP contribution in [-0.4, -0.2) is 43.5 Å². The van der Waals surface area contributed by atoms with Crippen LogP contribution >= 0.6 is 12.6 Å². The van der Waals surface area contributed by atoms with Crippen molar-refractivity contribution in [3.05, 3.63) is 0 Å². The van der Waals surface area contributed by atoms with Crippen molar-refractivity contribution >= 4 is 12.6 Å². The normalized spacial score (nSPS) is 13.5. The average Bonchev–Trinajstić information content (AvgIpc) is 2.18. The number of rotatable bonds is 9. The summed E-state index contributed by atoms with van der Waals surface area (Å²) < 4.78 is 5.16. The zero-order valence-electron chi connectivity index (χ0n) is 9.83. The first-order chi connectivity index (χ1) is 6.76. The van der Waals surface area contributed by atoms with Crippen LogP contribution in [0.25, 0.3) is 0 Å². The van der Waals surface area contributed by atoms with Gasteiger partial charge in [-0.2, -0.15) is 12.6 Å². The second kappa shape index (κ2) is 9.81. The Hall–Kier alpha value is 0.270. The molecule has 0 aliphatic rings. The highest BCUT2D eigenvalue weighted by molar-refractivity contribution is 7.80. The predicted octanol–water partition coefficient (Wildman–Crippen LogP) is 2.44. The van der Waals surface area contributed by atoms with Crippen molar-refractivity contribution in [3.63, 3.8) is 0 Å². The van der Waals surface area contributed by atoms with Crippen LogP contribution in [0.1, 0.15) is 33.1 Å². The fraction of sp³-hybridized carbons (Fsp3) is 1.00. The van der Waals surface area contributed by atoms with E-state index in [-0.39, 0.29) is 0 Å². The van der Waals surface area contributed by atoms with Gasteiger partial charge in [0.2, 0.25) is 0 Å². The molecule has 2 nitrogen and oxygen atoms in total. The monoisotopic (exact) mass is 219 g/mol. The van der Waals surface area contributed by atoms with Crippen LogP contribution in [0.15, 0.2) is 0 Å². The summed E-state index contributed by atoms with van der Waals surface area (Å²) in [6, 6.07) is 0.543. The van der Waals surface area contributed by atoms with Crippen molar-refractivity contribution in [2.75, 3.05) is 32.6 Å². The molecule has 0 spiro atoms. The molecule has 1 atom stereocenters. The van der Waals surface area contributed by atoms with E-state index < -0.39 is 0 Å². The molecule has 0 aromatic heterocycles. The van der Waals surface area contributed by atoms with Gasteiger partial charge in [0.15, 0.2) is 0 Å². The second-order valence-corrected chi connectivity index (χ2v) is 4.16.